The van der Waals surface area contributed by atoms with Gasteiger partial charge in [0.1, 0.15) is 6.04 Å². The Morgan fingerprint density at radius 3 is 3.08 bits per heavy atom. The maximum atomic E-state index is 10.4. The van der Waals surface area contributed by atoms with Crippen LogP contribution >= 0.6 is 0 Å². The summed E-state index contributed by atoms with van der Waals surface area (Å²) in [6, 6.07) is 6.19. The molecule has 0 heterocycles. The Kier molecular flexibility index (Phi) is 1.68. The van der Waals surface area contributed by atoms with Gasteiger partial charge in [-0.1, -0.05) is 28.9 Å². The van der Waals surface area contributed by atoms with Gasteiger partial charge in [0.05, 0.1) is 0 Å². The van der Waals surface area contributed by atoms with Crippen molar-refractivity contribution >= 4 is 0 Å². The quantitative estimate of drug-likeness (QED) is 0.582. The van der Waals surface area contributed by atoms with Gasteiger partial charge in [-0.15, -0.1) is 0 Å². The van der Waals surface area contributed by atoms with Crippen LogP contribution in [0.3, 0.4) is 0 Å². The molecule has 12 heavy (non-hydrogen) atoms. The normalized spacial score (nSPS) is 20.6. The number of hydrogen-bond donors (Lipinski definition) is 0. The van der Waals surface area contributed by atoms with E-state index in [0.717, 1.165) is 18.4 Å². The zero-order valence-electron chi connectivity index (χ0n) is 7.08. The van der Waals surface area contributed by atoms with E-state index in [2.05, 4.69) is 23.4 Å². The molecule has 0 fully saturated rings. The molecule has 2 heteroatoms. The number of aryl methyl sites for hydroxylation is 2. The van der Waals surface area contributed by atoms with Crippen LogP contribution in [0.5, 0.6) is 0 Å². The van der Waals surface area contributed by atoms with Crippen LogP contribution in [0.4, 0.5) is 0 Å². The minimum Gasteiger partial charge on any atom is -0.150 e. The molecule has 1 unspecified atom stereocenters. The second-order valence-electron chi connectivity index (χ2n) is 3.36. The minimum absolute atomic E-state index is 0.0834. The molecular formula is C10H11NO. The van der Waals surface area contributed by atoms with Gasteiger partial charge < -0.3 is 0 Å². The topological polar surface area (TPSA) is 29.4 Å². The Labute approximate surface area is 71.6 Å². The van der Waals surface area contributed by atoms with Gasteiger partial charge in [-0.3, -0.25) is 0 Å². The van der Waals surface area contributed by atoms with Crippen LogP contribution in [0.2, 0.25) is 0 Å². The van der Waals surface area contributed by atoms with Crippen LogP contribution in [0, 0.1) is 11.8 Å². The van der Waals surface area contributed by atoms with Gasteiger partial charge in [0.15, 0.2) is 0 Å². The number of rotatable bonds is 1. The lowest BCUT2D eigenvalue weighted by atomic mass is 10.1. The molecule has 1 aromatic carbocycles. The fourth-order valence-electron chi connectivity index (χ4n) is 1.81. The Balaban J connectivity index is 2.49. The van der Waals surface area contributed by atoms with E-state index >= 15 is 0 Å². The maximum Gasteiger partial charge on any atom is 0.117 e. The van der Waals surface area contributed by atoms with Gasteiger partial charge >= 0.3 is 0 Å². The van der Waals surface area contributed by atoms with Crippen LogP contribution in [0.15, 0.2) is 23.4 Å². The summed E-state index contributed by atoms with van der Waals surface area (Å²) in [6.07, 6.45) is 1.90. The largest absolute Gasteiger partial charge is 0.150 e. The van der Waals surface area contributed by atoms with Gasteiger partial charge in [-0.2, -0.15) is 4.91 Å². The van der Waals surface area contributed by atoms with E-state index < -0.39 is 0 Å². The zero-order chi connectivity index (χ0) is 8.55. The van der Waals surface area contributed by atoms with Gasteiger partial charge in [-0.25, -0.2) is 0 Å². The molecule has 2 rings (SSSR count). The third kappa shape index (κ3) is 1.04. The van der Waals surface area contributed by atoms with Crippen molar-refractivity contribution in [2.24, 2.45) is 5.18 Å². The van der Waals surface area contributed by atoms with E-state index in [1.54, 1.807) is 0 Å². The molecule has 0 saturated carbocycles. The lowest BCUT2D eigenvalue weighted by molar-refractivity contribution is 0.709. The molecule has 1 atom stereocenters. The summed E-state index contributed by atoms with van der Waals surface area (Å²) >= 11 is 0. The highest BCUT2D eigenvalue weighted by Crippen LogP contribution is 2.34. The standard InChI is InChI=1S/C10H11NO/c1-7-2-3-8-4-5-10(11-12)9(8)6-7/h2-3,6,10H,4-5H2,1H3. The summed E-state index contributed by atoms with van der Waals surface area (Å²) < 4.78 is 0. The molecule has 1 aliphatic carbocycles. The molecule has 0 radical (unpaired) electrons. The van der Waals surface area contributed by atoms with Crippen LogP contribution < -0.4 is 0 Å². The number of hydrogen-bond acceptors (Lipinski definition) is 2. The first-order chi connectivity index (χ1) is 5.81. The van der Waals surface area contributed by atoms with Crippen LogP contribution in [0.1, 0.15) is 29.2 Å². The zero-order valence-corrected chi connectivity index (χ0v) is 7.08. The number of fused-ring (bicyclic) bond motifs is 1. The average Bonchev–Trinajstić information content (AvgIpc) is 2.46. The molecule has 1 aliphatic rings. The highest BCUT2D eigenvalue weighted by Gasteiger charge is 2.22. The van der Waals surface area contributed by atoms with Crippen molar-refractivity contribution in [2.45, 2.75) is 25.8 Å². The highest BCUT2D eigenvalue weighted by atomic mass is 16.3. The van der Waals surface area contributed by atoms with E-state index in [1.165, 1.54) is 11.1 Å². The molecular weight excluding hydrogens is 150 g/mol. The van der Waals surface area contributed by atoms with E-state index in [9.17, 15) is 4.91 Å². The molecule has 0 amide bonds. The van der Waals surface area contributed by atoms with Crippen molar-refractivity contribution in [3.63, 3.8) is 0 Å². The number of nitroso groups, excluding NO2 is 1. The van der Waals surface area contributed by atoms with E-state index in [0.29, 0.717) is 0 Å². The molecule has 0 bridgehead atoms. The van der Waals surface area contributed by atoms with Crippen LogP contribution in [-0.4, -0.2) is 0 Å². The summed E-state index contributed by atoms with van der Waals surface area (Å²) in [5, 5.41) is 3.12. The summed E-state index contributed by atoms with van der Waals surface area (Å²) in [6.45, 7) is 2.04. The minimum atomic E-state index is -0.0834. The second kappa shape index (κ2) is 2.70. The molecule has 0 spiro atoms. The predicted molar refractivity (Wildman–Crippen MR) is 48.0 cm³/mol. The molecule has 0 N–H and O–H groups in total. The summed E-state index contributed by atoms with van der Waals surface area (Å²) in [4.78, 5) is 10.4. The molecule has 0 aliphatic heterocycles. The van der Waals surface area contributed by atoms with Gasteiger partial charge in [0.2, 0.25) is 0 Å². The summed E-state index contributed by atoms with van der Waals surface area (Å²) in [5.74, 6) is 0. The Hall–Kier alpha value is -1.18. The van der Waals surface area contributed by atoms with Crippen molar-refractivity contribution in [1.29, 1.82) is 0 Å². The second-order valence-corrected chi connectivity index (χ2v) is 3.36. The molecule has 62 valence electrons. The summed E-state index contributed by atoms with van der Waals surface area (Å²) in [7, 11) is 0. The monoisotopic (exact) mass is 161 g/mol. The molecule has 2 nitrogen and oxygen atoms in total. The van der Waals surface area contributed by atoms with Crippen molar-refractivity contribution in [1.82, 2.24) is 0 Å². The Bertz CT molecular complexity index is 320. The third-order valence-electron chi connectivity index (χ3n) is 2.47. The Morgan fingerprint density at radius 1 is 1.50 bits per heavy atom. The predicted octanol–water partition coefficient (Wildman–Crippen LogP) is 2.75. The highest BCUT2D eigenvalue weighted by molar-refractivity contribution is 5.37. The Morgan fingerprint density at radius 2 is 2.33 bits per heavy atom. The first-order valence-electron chi connectivity index (χ1n) is 4.23. The first-order valence-corrected chi connectivity index (χ1v) is 4.23. The SMILES string of the molecule is Cc1ccc2c(c1)C(N=O)CC2. The number of benzene rings is 1. The first kappa shape index (κ1) is 7.47. The average molecular weight is 161 g/mol. The third-order valence-corrected chi connectivity index (χ3v) is 2.47. The maximum absolute atomic E-state index is 10.4. The number of nitrogens with zero attached hydrogens (tertiary/aromatic N) is 1. The van der Waals surface area contributed by atoms with E-state index in [1.807, 2.05) is 6.92 Å². The lowest BCUT2D eigenvalue weighted by Gasteiger charge is -2.02. The van der Waals surface area contributed by atoms with Gasteiger partial charge in [0.25, 0.3) is 0 Å². The molecule has 1 aromatic rings. The van der Waals surface area contributed by atoms with Gasteiger partial charge in [-0.05, 0) is 30.9 Å². The summed E-state index contributed by atoms with van der Waals surface area (Å²) in [5.41, 5.74) is 3.65. The lowest BCUT2D eigenvalue weighted by Crippen LogP contribution is -1.88. The van der Waals surface area contributed by atoms with Crippen LogP contribution in [0.25, 0.3) is 0 Å². The fourth-order valence-corrected chi connectivity index (χ4v) is 1.81. The van der Waals surface area contributed by atoms with Crippen molar-refractivity contribution in [3.05, 3.63) is 39.8 Å². The molecule has 0 saturated heterocycles. The molecule has 0 aromatic heterocycles. The smallest absolute Gasteiger partial charge is 0.117 e. The van der Waals surface area contributed by atoms with Crippen molar-refractivity contribution < 1.29 is 0 Å². The fraction of sp³-hybridized carbons (Fsp3) is 0.400. The van der Waals surface area contributed by atoms with E-state index in [4.69, 9.17) is 0 Å². The van der Waals surface area contributed by atoms with Crippen molar-refractivity contribution in [2.75, 3.05) is 0 Å². The van der Waals surface area contributed by atoms with Crippen LogP contribution in [-0.2, 0) is 6.42 Å². The van der Waals surface area contributed by atoms with Crippen molar-refractivity contribution in [3.8, 4) is 0 Å². The van der Waals surface area contributed by atoms with E-state index in [-0.39, 0.29) is 6.04 Å². The van der Waals surface area contributed by atoms with Gasteiger partial charge in [0, 0.05) is 0 Å².